The molecule has 1 heterocycles. The van der Waals surface area contributed by atoms with E-state index in [1.54, 1.807) is 0 Å². The first-order valence-electron chi connectivity index (χ1n) is 5.73. The zero-order valence-corrected chi connectivity index (χ0v) is 9.26. The Kier molecular flexibility index (Phi) is 3.43. The van der Waals surface area contributed by atoms with E-state index in [1.807, 2.05) is 24.3 Å². The van der Waals surface area contributed by atoms with E-state index >= 15 is 0 Å². The van der Waals surface area contributed by atoms with E-state index in [9.17, 15) is 0 Å². The van der Waals surface area contributed by atoms with Crippen molar-refractivity contribution < 1.29 is 5.11 Å². The number of nitriles is 1. The Labute approximate surface area is 95.9 Å². The zero-order valence-electron chi connectivity index (χ0n) is 9.26. The van der Waals surface area contributed by atoms with E-state index in [-0.39, 0.29) is 6.61 Å². The molecule has 1 atom stereocenters. The summed E-state index contributed by atoms with van der Waals surface area (Å²) in [4.78, 5) is 2.30. The Morgan fingerprint density at radius 3 is 3.12 bits per heavy atom. The molecule has 0 saturated carbocycles. The molecule has 1 aliphatic heterocycles. The first kappa shape index (κ1) is 11.0. The van der Waals surface area contributed by atoms with E-state index in [4.69, 9.17) is 10.4 Å². The van der Waals surface area contributed by atoms with Gasteiger partial charge in [-0.05, 0) is 37.5 Å². The van der Waals surface area contributed by atoms with Gasteiger partial charge < -0.3 is 10.0 Å². The highest BCUT2D eigenvalue weighted by molar-refractivity contribution is 5.52. The minimum Gasteiger partial charge on any atom is -0.396 e. The molecule has 16 heavy (non-hydrogen) atoms. The van der Waals surface area contributed by atoms with Gasteiger partial charge in [-0.3, -0.25) is 0 Å². The van der Waals surface area contributed by atoms with E-state index in [2.05, 4.69) is 11.0 Å². The van der Waals surface area contributed by atoms with Crippen molar-refractivity contribution in [1.82, 2.24) is 0 Å². The summed E-state index contributed by atoms with van der Waals surface area (Å²) in [6, 6.07) is 10.3. The molecular formula is C13H16N2O. The fourth-order valence-electron chi connectivity index (χ4n) is 2.38. The van der Waals surface area contributed by atoms with Gasteiger partial charge in [0.05, 0.1) is 11.6 Å². The molecule has 0 radical (unpaired) electrons. The molecule has 84 valence electrons. The van der Waals surface area contributed by atoms with E-state index in [1.165, 1.54) is 6.42 Å². The summed E-state index contributed by atoms with van der Waals surface area (Å²) in [6.45, 7) is 1.26. The van der Waals surface area contributed by atoms with Crippen LogP contribution in [0.5, 0.6) is 0 Å². The normalized spacial score (nSPS) is 19.8. The lowest BCUT2D eigenvalue weighted by atomic mass is 10.1. The average molecular weight is 216 g/mol. The minimum absolute atomic E-state index is 0.235. The molecule has 0 aromatic heterocycles. The molecule has 1 aromatic carbocycles. The molecule has 1 aromatic rings. The van der Waals surface area contributed by atoms with Crippen molar-refractivity contribution in [2.24, 2.45) is 0 Å². The molecule has 0 bridgehead atoms. The standard InChI is InChI=1S/C13H16N2O/c14-10-11-3-1-4-13(9-11)15-7-2-5-12(15)6-8-16/h1,3-4,9,12,16H,2,5-8H2. The van der Waals surface area contributed by atoms with Crippen LogP contribution >= 0.6 is 0 Å². The van der Waals surface area contributed by atoms with Crippen LogP contribution in [0.3, 0.4) is 0 Å². The number of hydrogen-bond acceptors (Lipinski definition) is 3. The molecule has 1 fully saturated rings. The highest BCUT2D eigenvalue weighted by Crippen LogP contribution is 2.27. The van der Waals surface area contributed by atoms with Gasteiger partial charge in [0.25, 0.3) is 0 Å². The third-order valence-corrected chi connectivity index (χ3v) is 3.15. The summed E-state index contributed by atoms with van der Waals surface area (Å²) in [5.41, 5.74) is 1.81. The first-order chi connectivity index (χ1) is 7.85. The van der Waals surface area contributed by atoms with Crippen LogP contribution in [-0.4, -0.2) is 24.3 Å². The van der Waals surface area contributed by atoms with E-state index in [0.29, 0.717) is 11.6 Å². The zero-order chi connectivity index (χ0) is 11.4. The summed E-state index contributed by atoms with van der Waals surface area (Å²) < 4.78 is 0. The predicted molar refractivity (Wildman–Crippen MR) is 63.2 cm³/mol. The van der Waals surface area contributed by atoms with Gasteiger partial charge in [-0.15, -0.1) is 0 Å². The van der Waals surface area contributed by atoms with E-state index < -0.39 is 0 Å². The van der Waals surface area contributed by atoms with Crippen LogP contribution in [-0.2, 0) is 0 Å². The Balaban J connectivity index is 2.19. The molecular weight excluding hydrogens is 200 g/mol. The lowest BCUT2D eigenvalue weighted by Crippen LogP contribution is -2.29. The van der Waals surface area contributed by atoms with Crippen molar-refractivity contribution in [3.8, 4) is 6.07 Å². The lowest BCUT2D eigenvalue weighted by Gasteiger charge is -2.26. The third kappa shape index (κ3) is 2.17. The van der Waals surface area contributed by atoms with Gasteiger partial charge in [-0.2, -0.15) is 5.26 Å². The van der Waals surface area contributed by atoms with Crippen molar-refractivity contribution >= 4 is 5.69 Å². The maximum atomic E-state index is 9.01. The second kappa shape index (κ2) is 5.00. The van der Waals surface area contributed by atoms with Crippen LogP contribution in [0.4, 0.5) is 5.69 Å². The quantitative estimate of drug-likeness (QED) is 0.839. The number of rotatable bonds is 3. The van der Waals surface area contributed by atoms with Gasteiger partial charge in [-0.25, -0.2) is 0 Å². The highest BCUT2D eigenvalue weighted by Gasteiger charge is 2.24. The predicted octanol–water partition coefficient (Wildman–Crippen LogP) is 1.91. The number of aliphatic hydroxyl groups excluding tert-OH is 1. The molecule has 3 nitrogen and oxygen atoms in total. The molecule has 3 heteroatoms. The van der Waals surface area contributed by atoms with Gasteiger partial charge in [0.15, 0.2) is 0 Å². The van der Waals surface area contributed by atoms with E-state index in [0.717, 1.165) is 25.1 Å². The van der Waals surface area contributed by atoms with Gasteiger partial charge in [0, 0.05) is 24.9 Å². The van der Waals surface area contributed by atoms with Crippen LogP contribution in [0.2, 0.25) is 0 Å². The lowest BCUT2D eigenvalue weighted by molar-refractivity contribution is 0.276. The second-order valence-electron chi connectivity index (χ2n) is 4.16. The fourth-order valence-corrected chi connectivity index (χ4v) is 2.38. The summed E-state index contributed by atoms with van der Waals surface area (Å²) in [7, 11) is 0. The Morgan fingerprint density at radius 2 is 2.38 bits per heavy atom. The number of benzene rings is 1. The van der Waals surface area contributed by atoms with Crippen molar-refractivity contribution in [1.29, 1.82) is 5.26 Å². The van der Waals surface area contributed by atoms with Crippen molar-refractivity contribution in [2.75, 3.05) is 18.1 Å². The van der Waals surface area contributed by atoms with Crippen molar-refractivity contribution in [3.63, 3.8) is 0 Å². The molecule has 2 rings (SSSR count). The summed E-state index contributed by atoms with van der Waals surface area (Å²) in [5, 5.41) is 17.9. The maximum absolute atomic E-state index is 9.01. The summed E-state index contributed by atoms with van der Waals surface area (Å²) in [6.07, 6.45) is 3.12. The molecule has 1 N–H and O–H groups in total. The summed E-state index contributed by atoms with van der Waals surface area (Å²) in [5.74, 6) is 0. The fraction of sp³-hybridized carbons (Fsp3) is 0.462. The van der Waals surface area contributed by atoms with Gasteiger partial charge in [-0.1, -0.05) is 6.07 Å². The maximum Gasteiger partial charge on any atom is 0.0992 e. The summed E-state index contributed by atoms with van der Waals surface area (Å²) >= 11 is 0. The largest absolute Gasteiger partial charge is 0.396 e. The van der Waals surface area contributed by atoms with Crippen LogP contribution in [0, 0.1) is 11.3 Å². The Bertz CT molecular complexity index is 397. The third-order valence-electron chi connectivity index (χ3n) is 3.15. The highest BCUT2D eigenvalue weighted by atomic mass is 16.3. The molecule has 0 amide bonds. The number of nitrogens with zero attached hydrogens (tertiary/aromatic N) is 2. The molecule has 0 spiro atoms. The average Bonchev–Trinajstić information content (AvgIpc) is 2.78. The van der Waals surface area contributed by atoms with Gasteiger partial charge >= 0.3 is 0 Å². The van der Waals surface area contributed by atoms with Crippen LogP contribution < -0.4 is 4.90 Å². The second-order valence-corrected chi connectivity index (χ2v) is 4.16. The Hall–Kier alpha value is -1.53. The van der Waals surface area contributed by atoms with Crippen molar-refractivity contribution in [3.05, 3.63) is 29.8 Å². The van der Waals surface area contributed by atoms with Gasteiger partial charge in [0.1, 0.15) is 0 Å². The smallest absolute Gasteiger partial charge is 0.0992 e. The first-order valence-corrected chi connectivity index (χ1v) is 5.73. The van der Waals surface area contributed by atoms with Crippen LogP contribution in [0.15, 0.2) is 24.3 Å². The number of anilines is 1. The Morgan fingerprint density at radius 1 is 1.50 bits per heavy atom. The van der Waals surface area contributed by atoms with Crippen LogP contribution in [0.1, 0.15) is 24.8 Å². The SMILES string of the molecule is N#Cc1cccc(N2CCCC2CCO)c1. The van der Waals surface area contributed by atoms with Gasteiger partial charge in [0.2, 0.25) is 0 Å². The molecule has 0 aliphatic carbocycles. The van der Waals surface area contributed by atoms with Crippen LogP contribution in [0.25, 0.3) is 0 Å². The molecule has 1 saturated heterocycles. The minimum atomic E-state index is 0.235. The number of hydrogen-bond donors (Lipinski definition) is 1. The monoisotopic (exact) mass is 216 g/mol. The molecule has 1 aliphatic rings. The topological polar surface area (TPSA) is 47.3 Å². The van der Waals surface area contributed by atoms with Crippen molar-refractivity contribution in [2.45, 2.75) is 25.3 Å². The number of aliphatic hydroxyl groups is 1. The molecule has 1 unspecified atom stereocenters.